The Morgan fingerprint density at radius 3 is 2.27 bits per heavy atom. The van der Waals surface area contributed by atoms with Crippen LogP contribution in [0.4, 0.5) is 0 Å². The normalized spacial score (nSPS) is 17.5. The van der Waals surface area contributed by atoms with Gasteiger partial charge in [-0.2, -0.15) is 0 Å². The van der Waals surface area contributed by atoms with Crippen LogP contribution in [-0.4, -0.2) is 28.5 Å². The molecule has 3 heterocycles. The van der Waals surface area contributed by atoms with Gasteiger partial charge in [-0.25, -0.2) is 0 Å². The highest BCUT2D eigenvalue weighted by atomic mass is 16.2. The van der Waals surface area contributed by atoms with Crippen molar-refractivity contribution in [3.8, 4) is 11.1 Å². The maximum atomic E-state index is 13.5. The topological polar surface area (TPSA) is 42.3 Å². The minimum atomic E-state index is 0.0194. The molecule has 1 saturated heterocycles. The zero-order chi connectivity index (χ0) is 17.9. The summed E-state index contributed by atoms with van der Waals surface area (Å²) in [5, 5.41) is 0. The zero-order valence-electron chi connectivity index (χ0n) is 15.2. The highest BCUT2D eigenvalue weighted by molar-refractivity contribution is 6.02. The maximum Gasteiger partial charge on any atom is 0.256 e. The molecule has 1 fully saturated rings. The molecule has 1 aromatic heterocycles. The Kier molecular flexibility index (Phi) is 4.91. The average Bonchev–Trinajstić information content (AvgIpc) is 2.98. The van der Waals surface area contributed by atoms with Crippen LogP contribution in [0.2, 0.25) is 0 Å². The van der Waals surface area contributed by atoms with Gasteiger partial charge in [-0.1, -0.05) is 43.2 Å². The minimum absolute atomic E-state index is 0.0194. The summed E-state index contributed by atoms with van der Waals surface area (Å²) in [6, 6.07) is 11.6. The largest absolute Gasteiger partial charge is 0.339 e. The van der Waals surface area contributed by atoms with Crippen LogP contribution in [-0.2, 0) is 13.0 Å². The summed E-state index contributed by atoms with van der Waals surface area (Å²) in [5.74, 6) is 0.108. The summed E-state index contributed by atoms with van der Waals surface area (Å²) in [6.45, 7) is 2.38. The van der Waals surface area contributed by atoms with Crippen LogP contribution in [0.25, 0.3) is 11.1 Å². The Balaban J connectivity index is 1.87. The number of rotatable bonds is 2. The van der Waals surface area contributed by atoms with E-state index in [0.29, 0.717) is 0 Å². The number of fused-ring (bicyclic) bond motifs is 1. The van der Waals surface area contributed by atoms with Crippen molar-refractivity contribution in [3.05, 3.63) is 58.0 Å². The minimum Gasteiger partial charge on any atom is -0.339 e. The smallest absolute Gasteiger partial charge is 0.256 e. The summed E-state index contributed by atoms with van der Waals surface area (Å²) in [5.41, 5.74) is 3.48. The number of amides is 1. The first-order chi connectivity index (χ1) is 12.8. The molecule has 4 heteroatoms. The zero-order valence-corrected chi connectivity index (χ0v) is 15.2. The number of hydrogen-bond donors (Lipinski definition) is 0. The van der Waals surface area contributed by atoms with Crippen molar-refractivity contribution in [2.24, 2.45) is 0 Å². The number of hydrogen-bond acceptors (Lipinski definition) is 2. The number of carbonyl (C=O) groups excluding carboxylic acids is 1. The molecule has 136 valence electrons. The standard InChI is InChI=1S/C22H26N2O2/c25-20-16-18(17-10-4-3-5-11-17)21(19-12-6-9-15-24(19)20)22(26)23-13-7-1-2-8-14-23/h3-5,10-11,16H,1-2,6-9,12-15H2. The fourth-order valence-electron chi connectivity index (χ4n) is 4.28. The van der Waals surface area contributed by atoms with Gasteiger partial charge >= 0.3 is 0 Å². The molecule has 1 amide bonds. The molecule has 0 N–H and O–H groups in total. The lowest BCUT2D eigenvalue weighted by Gasteiger charge is -2.27. The molecule has 1 aromatic carbocycles. The van der Waals surface area contributed by atoms with E-state index in [-0.39, 0.29) is 11.5 Å². The second kappa shape index (κ2) is 7.48. The van der Waals surface area contributed by atoms with Crippen LogP contribution in [0.15, 0.2) is 41.2 Å². The first-order valence-corrected chi connectivity index (χ1v) is 9.87. The van der Waals surface area contributed by atoms with Crippen molar-refractivity contribution in [3.63, 3.8) is 0 Å². The van der Waals surface area contributed by atoms with E-state index in [1.165, 1.54) is 12.8 Å². The van der Waals surface area contributed by atoms with Crippen molar-refractivity contribution in [2.75, 3.05) is 13.1 Å². The Morgan fingerprint density at radius 1 is 0.846 bits per heavy atom. The van der Waals surface area contributed by atoms with E-state index in [9.17, 15) is 9.59 Å². The Labute approximate surface area is 154 Å². The van der Waals surface area contributed by atoms with Gasteiger partial charge in [0.05, 0.1) is 5.56 Å². The van der Waals surface area contributed by atoms with Crippen LogP contribution in [0, 0.1) is 0 Å². The monoisotopic (exact) mass is 350 g/mol. The number of carbonyl (C=O) groups is 1. The predicted molar refractivity (Wildman–Crippen MR) is 103 cm³/mol. The lowest BCUT2D eigenvalue weighted by molar-refractivity contribution is 0.0759. The van der Waals surface area contributed by atoms with Gasteiger partial charge in [0.2, 0.25) is 0 Å². The molecule has 4 rings (SSSR count). The summed E-state index contributed by atoms with van der Waals surface area (Å²) in [6.07, 6.45) is 7.39. The van der Waals surface area contributed by atoms with Crippen LogP contribution in [0.1, 0.15) is 54.6 Å². The third-order valence-corrected chi connectivity index (χ3v) is 5.65. The molecule has 0 atom stereocenters. The number of nitrogens with zero attached hydrogens (tertiary/aromatic N) is 2. The van der Waals surface area contributed by atoms with Crippen LogP contribution in [0.5, 0.6) is 0 Å². The molecule has 0 aliphatic carbocycles. The summed E-state index contributed by atoms with van der Waals surface area (Å²) >= 11 is 0. The van der Waals surface area contributed by atoms with Crippen LogP contribution >= 0.6 is 0 Å². The van der Waals surface area contributed by atoms with Gasteiger partial charge < -0.3 is 9.47 Å². The fraction of sp³-hybridized carbons (Fsp3) is 0.455. The van der Waals surface area contributed by atoms with E-state index >= 15 is 0 Å². The first-order valence-electron chi connectivity index (χ1n) is 9.87. The fourth-order valence-corrected chi connectivity index (χ4v) is 4.28. The number of benzene rings is 1. The maximum absolute atomic E-state index is 13.5. The van der Waals surface area contributed by atoms with Gasteiger partial charge in [-0.15, -0.1) is 0 Å². The molecule has 2 aromatic rings. The molecule has 4 nitrogen and oxygen atoms in total. The van der Waals surface area contributed by atoms with E-state index in [1.54, 1.807) is 6.07 Å². The Hall–Kier alpha value is -2.36. The van der Waals surface area contributed by atoms with Crippen LogP contribution < -0.4 is 5.56 Å². The molecule has 26 heavy (non-hydrogen) atoms. The van der Waals surface area contributed by atoms with E-state index in [1.807, 2.05) is 39.8 Å². The van der Waals surface area contributed by atoms with Crippen LogP contribution in [0.3, 0.4) is 0 Å². The van der Waals surface area contributed by atoms with Gasteiger partial charge in [0.1, 0.15) is 0 Å². The van der Waals surface area contributed by atoms with Crippen molar-refractivity contribution in [1.29, 1.82) is 0 Å². The van der Waals surface area contributed by atoms with Gasteiger partial charge in [0.25, 0.3) is 11.5 Å². The van der Waals surface area contributed by atoms with E-state index in [2.05, 4.69) is 0 Å². The van der Waals surface area contributed by atoms with Gasteiger partial charge in [-0.3, -0.25) is 9.59 Å². The molecule has 2 aliphatic heterocycles. The number of pyridine rings is 1. The number of aromatic nitrogens is 1. The second-order valence-corrected chi connectivity index (χ2v) is 7.40. The summed E-state index contributed by atoms with van der Waals surface area (Å²) < 4.78 is 1.83. The molecule has 0 bridgehead atoms. The van der Waals surface area contributed by atoms with E-state index < -0.39 is 0 Å². The lowest BCUT2D eigenvalue weighted by atomic mass is 9.93. The van der Waals surface area contributed by atoms with Gasteiger partial charge in [0, 0.05) is 37.0 Å². The summed E-state index contributed by atoms with van der Waals surface area (Å²) in [4.78, 5) is 28.3. The molecular weight excluding hydrogens is 324 g/mol. The van der Waals surface area contributed by atoms with E-state index in [0.717, 1.165) is 74.1 Å². The molecule has 0 saturated carbocycles. The van der Waals surface area contributed by atoms with Crippen molar-refractivity contribution < 1.29 is 4.79 Å². The Bertz CT molecular complexity index is 846. The predicted octanol–water partition coefficient (Wildman–Crippen LogP) is 3.87. The third kappa shape index (κ3) is 3.20. The second-order valence-electron chi connectivity index (χ2n) is 7.40. The molecular formula is C22H26N2O2. The molecule has 0 unspecified atom stereocenters. The Morgan fingerprint density at radius 2 is 1.54 bits per heavy atom. The first kappa shape index (κ1) is 17.1. The van der Waals surface area contributed by atoms with Gasteiger partial charge in [0.15, 0.2) is 0 Å². The summed E-state index contributed by atoms with van der Waals surface area (Å²) in [7, 11) is 0. The highest BCUT2D eigenvalue weighted by Crippen LogP contribution is 2.29. The quantitative estimate of drug-likeness (QED) is 0.825. The van der Waals surface area contributed by atoms with Crippen molar-refractivity contribution >= 4 is 5.91 Å². The lowest BCUT2D eigenvalue weighted by Crippen LogP contribution is -2.36. The number of likely N-dealkylation sites (tertiary alicyclic amines) is 1. The average molecular weight is 350 g/mol. The third-order valence-electron chi connectivity index (χ3n) is 5.65. The van der Waals surface area contributed by atoms with E-state index in [4.69, 9.17) is 0 Å². The van der Waals surface area contributed by atoms with Crippen molar-refractivity contribution in [1.82, 2.24) is 9.47 Å². The molecule has 0 radical (unpaired) electrons. The SMILES string of the molecule is O=C(c1c(-c2ccccc2)cc(=O)n2c1CCCC2)N1CCCCCC1. The molecule has 0 spiro atoms. The van der Waals surface area contributed by atoms with Crippen molar-refractivity contribution in [2.45, 2.75) is 51.5 Å². The molecule has 2 aliphatic rings. The highest BCUT2D eigenvalue weighted by Gasteiger charge is 2.27. The van der Waals surface area contributed by atoms with Gasteiger partial charge in [-0.05, 0) is 37.7 Å².